The van der Waals surface area contributed by atoms with E-state index in [0.717, 1.165) is 5.92 Å². The zero-order valence-corrected chi connectivity index (χ0v) is 11.5. The first-order valence-electron chi connectivity index (χ1n) is 6.96. The van der Waals surface area contributed by atoms with E-state index in [1.807, 2.05) is 0 Å². The van der Waals surface area contributed by atoms with Crippen molar-refractivity contribution in [3.05, 3.63) is 17.7 Å². The molecule has 0 amide bonds. The number of hydrogen-bond donors (Lipinski definition) is 0. The molecule has 2 aliphatic rings. The Morgan fingerprint density at radius 2 is 2.18 bits per heavy atom. The van der Waals surface area contributed by atoms with Crippen molar-refractivity contribution in [2.24, 2.45) is 5.92 Å². The molecule has 0 spiro atoms. The van der Waals surface area contributed by atoms with Crippen LogP contribution in [-0.2, 0) is 13.0 Å². The number of imidazole rings is 1. The molecule has 1 unspecified atom stereocenters. The molecule has 2 nitrogen and oxygen atoms in total. The van der Waals surface area contributed by atoms with Gasteiger partial charge in [0.1, 0.15) is 5.82 Å². The number of nitrogens with zero attached hydrogens (tertiary/aromatic N) is 2. The molecule has 1 fully saturated rings. The van der Waals surface area contributed by atoms with Crippen molar-refractivity contribution >= 4 is 11.8 Å². The van der Waals surface area contributed by atoms with Crippen LogP contribution in [0.15, 0.2) is 6.20 Å². The fourth-order valence-corrected chi connectivity index (χ4v) is 4.30. The molecule has 1 aromatic rings. The summed E-state index contributed by atoms with van der Waals surface area (Å²) in [5, 5.41) is 0. The standard InChI is InChI=1S/C14H22N2S/c1-11-3-2-6-16-10-13(15-14(11)16)9-12-4-7-17-8-5-12/h10-12H,2-9H2,1H3. The van der Waals surface area contributed by atoms with Crippen molar-refractivity contribution < 1.29 is 0 Å². The maximum absolute atomic E-state index is 4.88. The smallest absolute Gasteiger partial charge is 0.111 e. The second-order valence-electron chi connectivity index (χ2n) is 5.59. The highest BCUT2D eigenvalue weighted by Gasteiger charge is 2.21. The summed E-state index contributed by atoms with van der Waals surface area (Å²) in [6.07, 6.45) is 8.96. The molecule has 0 aromatic carbocycles. The third-order valence-electron chi connectivity index (χ3n) is 4.17. The monoisotopic (exact) mass is 250 g/mol. The summed E-state index contributed by atoms with van der Waals surface area (Å²) in [4.78, 5) is 4.88. The van der Waals surface area contributed by atoms with Gasteiger partial charge in [0.2, 0.25) is 0 Å². The average molecular weight is 250 g/mol. The van der Waals surface area contributed by atoms with Crippen molar-refractivity contribution in [2.75, 3.05) is 11.5 Å². The van der Waals surface area contributed by atoms with Crippen molar-refractivity contribution in [3.63, 3.8) is 0 Å². The zero-order chi connectivity index (χ0) is 11.7. The molecule has 3 rings (SSSR count). The van der Waals surface area contributed by atoms with Crippen molar-refractivity contribution in [1.82, 2.24) is 9.55 Å². The van der Waals surface area contributed by atoms with Crippen molar-refractivity contribution in [1.29, 1.82) is 0 Å². The second kappa shape index (κ2) is 5.05. The first kappa shape index (κ1) is 11.6. The Kier molecular flexibility index (Phi) is 3.46. The number of rotatable bonds is 2. The minimum atomic E-state index is 0.666. The quantitative estimate of drug-likeness (QED) is 0.800. The molecule has 0 bridgehead atoms. The third-order valence-corrected chi connectivity index (χ3v) is 5.22. The number of fused-ring (bicyclic) bond motifs is 1. The lowest BCUT2D eigenvalue weighted by Gasteiger charge is -2.20. The van der Waals surface area contributed by atoms with Gasteiger partial charge in [-0.05, 0) is 49.5 Å². The predicted molar refractivity (Wildman–Crippen MR) is 73.6 cm³/mol. The van der Waals surface area contributed by atoms with E-state index in [2.05, 4.69) is 29.4 Å². The molecule has 94 valence electrons. The summed E-state index contributed by atoms with van der Waals surface area (Å²) < 4.78 is 2.40. The molecule has 1 aromatic heterocycles. The van der Waals surface area contributed by atoms with Crippen LogP contribution in [0.4, 0.5) is 0 Å². The highest BCUT2D eigenvalue weighted by Crippen LogP contribution is 2.29. The fraction of sp³-hybridized carbons (Fsp3) is 0.786. The van der Waals surface area contributed by atoms with Crippen LogP contribution in [0.2, 0.25) is 0 Å². The number of hydrogen-bond acceptors (Lipinski definition) is 2. The average Bonchev–Trinajstić information content (AvgIpc) is 2.74. The van der Waals surface area contributed by atoms with Crippen LogP contribution >= 0.6 is 11.8 Å². The van der Waals surface area contributed by atoms with E-state index in [1.165, 1.54) is 61.7 Å². The van der Waals surface area contributed by atoms with E-state index >= 15 is 0 Å². The van der Waals surface area contributed by atoms with Gasteiger partial charge < -0.3 is 4.57 Å². The molecule has 17 heavy (non-hydrogen) atoms. The minimum Gasteiger partial charge on any atom is -0.334 e. The van der Waals surface area contributed by atoms with Gasteiger partial charge in [-0.3, -0.25) is 0 Å². The molecular formula is C14H22N2S. The largest absolute Gasteiger partial charge is 0.334 e. The molecule has 1 saturated heterocycles. The van der Waals surface area contributed by atoms with Gasteiger partial charge in [0.05, 0.1) is 5.69 Å². The highest BCUT2D eigenvalue weighted by molar-refractivity contribution is 7.99. The summed E-state index contributed by atoms with van der Waals surface area (Å²) in [5.74, 6) is 5.61. The molecule has 3 heteroatoms. The van der Waals surface area contributed by atoms with Gasteiger partial charge in [-0.2, -0.15) is 11.8 Å². The van der Waals surface area contributed by atoms with Gasteiger partial charge >= 0.3 is 0 Å². The summed E-state index contributed by atoms with van der Waals surface area (Å²) in [5.41, 5.74) is 1.35. The van der Waals surface area contributed by atoms with Crippen LogP contribution in [0, 0.1) is 5.92 Å². The molecule has 0 N–H and O–H groups in total. The van der Waals surface area contributed by atoms with Gasteiger partial charge in [-0.15, -0.1) is 0 Å². The van der Waals surface area contributed by atoms with Crippen LogP contribution in [0.1, 0.15) is 50.0 Å². The third kappa shape index (κ3) is 2.54. The Bertz CT molecular complexity index is 380. The maximum Gasteiger partial charge on any atom is 0.111 e. The summed E-state index contributed by atoms with van der Waals surface area (Å²) >= 11 is 2.11. The van der Waals surface area contributed by atoms with Gasteiger partial charge in [-0.25, -0.2) is 4.98 Å². The number of aromatic nitrogens is 2. The van der Waals surface area contributed by atoms with E-state index in [-0.39, 0.29) is 0 Å². The Balaban J connectivity index is 1.71. The number of thioether (sulfide) groups is 1. The number of aryl methyl sites for hydroxylation is 1. The molecule has 0 aliphatic carbocycles. The molecule has 1 atom stereocenters. The van der Waals surface area contributed by atoms with E-state index in [1.54, 1.807) is 0 Å². The van der Waals surface area contributed by atoms with E-state index < -0.39 is 0 Å². The van der Waals surface area contributed by atoms with Gasteiger partial charge in [0.25, 0.3) is 0 Å². The molecule has 0 radical (unpaired) electrons. The van der Waals surface area contributed by atoms with E-state index in [4.69, 9.17) is 4.98 Å². The Labute approximate surface area is 108 Å². The van der Waals surface area contributed by atoms with E-state index in [0.29, 0.717) is 5.92 Å². The molecule has 2 aliphatic heterocycles. The Hall–Kier alpha value is -0.440. The molecule has 0 saturated carbocycles. The second-order valence-corrected chi connectivity index (χ2v) is 6.81. The van der Waals surface area contributed by atoms with Crippen LogP contribution in [0.25, 0.3) is 0 Å². The molecular weight excluding hydrogens is 228 g/mol. The lowest BCUT2D eigenvalue weighted by atomic mass is 9.97. The Morgan fingerprint density at radius 1 is 1.35 bits per heavy atom. The van der Waals surface area contributed by atoms with Crippen LogP contribution in [-0.4, -0.2) is 21.1 Å². The summed E-state index contributed by atoms with van der Waals surface area (Å²) in [6, 6.07) is 0. The Morgan fingerprint density at radius 3 is 2.94 bits per heavy atom. The van der Waals surface area contributed by atoms with Crippen LogP contribution in [0.3, 0.4) is 0 Å². The maximum atomic E-state index is 4.88. The van der Waals surface area contributed by atoms with Crippen LogP contribution < -0.4 is 0 Å². The van der Waals surface area contributed by atoms with Crippen molar-refractivity contribution in [2.45, 2.75) is 51.5 Å². The normalized spacial score (nSPS) is 25.8. The highest BCUT2D eigenvalue weighted by atomic mass is 32.2. The topological polar surface area (TPSA) is 17.8 Å². The summed E-state index contributed by atoms with van der Waals surface area (Å²) in [7, 11) is 0. The fourth-order valence-electron chi connectivity index (χ4n) is 3.10. The van der Waals surface area contributed by atoms with Crippen molar-refractivity contribution in [3.8, 4) is 0 Å². The first-order valence-corrected chi connectivity index (χ1v) is 8.12. The van der Waals surface area contributed by atoms with Crippen LogP contribution in [0.5, 0.6) is 0 Å². The first-order chi connectivity index (χ1) is 8.33. The van der Waals surface area contributed by atoms with Gasteiger partial charge in [0.15, 0.2) is 0 Å². The molecule has 3 heterocycles. The van der Waals surface area contributed by atoms with Gasteiger partial charge in [-0.1, -0.05) is 6.92 Å². The lowest BCUT2D eigenvalue weighted by Crippen LogP contribution is -2.13. The zero-order valence-electron chi connectivity index (χ0n) is 10.7. The lowest BCUT2D eigenvalue weighted by molar-refractivity contribution is 0.463. The SMILES string of the molecule is CC1CCCn2cc(CC3CCSCC3)nc21. The van der Waals surface area contributed by atoms with E-state index in [9.17, 15) is 0 Å². The predicted octanol–water partition coefficient (Wildman–Crippen LogP) is 3.47. The van der Waals surface area contributed by atoms with Gasteiger partial charge in [0, 0.05) is 18.7 Å². The minimum absolute atomic E-state index is 0.666. The summed E-state index contributed by atoms with van der Waals surface area (Å²) in [6.45, 7) is 3.51.